The van der Waals surface area contributed by atoms with Crippen LogP contribution in [0.4, 0.5) is 11.5 Å². The molecule has 3 heterocycles. The fourth-order valence-corrected chi connectivity index (χ4v) is 3.45. The predicted molar refractivity (Wildman–Crippen MR) is 105 cm³/mol. The zero-order valence-electron chi connectivity index (χ0n) is 15.6. The van der Waals surface area contributed by atoms with Crippen LogP contribution in [0.5, 0.6) is 0 Å². The normalized spacial score (nSPS) is 14.6. The third kappa shape index (κ3) is 3.42. The standard InChI is InChI=1S/C19H23N7O/c1-23(15-6-4-3-5-7-15)13-17(27)25-8-10-26(11-9-25)19-16-12-22-24(2)18(16)20-14-21-19/h3-7,12,14H,8-11,13H2,1-2H3. The van der Waals surface area contributed by atoms with Crippen molar-refractivity contribution in [2.75, 3.05) is 49.6 Å². The van der Waals surface area contributed by atoms with E-state index >= 15 is 0 Å². The van der Waals surface area contributed by atoms with Crippen molar-refractivity contribution in [3.05, 3.63) is 42.9 Å². The molecule has 0 saturated carbocycles. The highest BCUT2D eigenvalue weighted by molar-refractivity contribution is 5.87. The molecule has 0 radical (unpaired) electrons. The van der Waals surface area contributed by atoms with Crippen molar-refractivity contribution in [1.29, 1.82) is 0 Å². The lowest BCUT2D eigenvalue weighted by Crippen LogP contribution is -2.51. The summed E-state index contributed by atoms with van der Waals surface area (Å²) in [6.07, 6.45) is 3.38. The zero-order chi connectivity index (χ0) is 18.8. The fourth-order valence-electron chi connectivity index (χ4n) is 3.45. The number of amides is 1. The molecule has 8 heteroatoms. The Morgan fingerprint density at radius 3 is 2.59 bits per heavy atom. The fraction of sp³-hybridized carbons (Fsp3) is 0.368. The maximum absolute atomic E-state index is 12.7. The summed E-state index contributed by atoms with van der Waals surface area (Å²) >= 11 is 0. The number of para-hydroxylation sites is 1. The van der Waals surface area contributed by atoms with Gasteiger partial charge >= 0.3 is 0 Å². The van der Waals surface area contributed by atoms with Gasteiger partial charge in [-0.3, -0.25) is 9.48 Å². The summed E-state index contributed by atoms with van der Waals surface area (Å²) < 4.78 is 1.75. The predicted octanol–water partition coefficient (Wildman–Crippen LogP) is 1.15. The summed E-state index contributed by atoms with van der Waals surface area (Å²) in [5, 5.41) is 5.22. The highest BCUT2D eigenvalue weighted by Gasteiger charge is 2.24. The summed E-state index contributed by atoms with van der Waals surface area (Å²) in [5.74, 6) is 1.04. The van der Waals surface area contributed by atoms with Gasteiger partial charge < -0.3 is 14.7 Å². The molecule has 27 heavy (non-hydrogen) atoms. The maximum atomic E-state index is 12.7. The Hall–Kier alpha value is -3.16. The van der Waals surface area contributed by atoms with Gasteiger partial charge in [-0.25, -0.2) is 9.97 Å². The van der Waals surface area contributed by atoms with E-state index < -0.39 is 0 Å². The van der Waals surface area contributed by atoms with Gasteiger partial charge in [-0.2, -0.15) is 5.10 Å². The van der Waals surface area contributed by atoms with E-state index in [0.717, 1.165) is 35.6 Å². The Balaban J connectivity index is 1.39. The topological polar surface area (TPSA) is 70.4 Å². The third-order valence-corrected chi connectivity index (χ3v) is 5.01. The van der Waals surface area contributed by atoms with Gasteiger partial charge in [-0.15, -0.1) is 0 Å². The van der Waals surface area contributed by atoms with Gasteiger partial charge in [-0.05, 0) is 12.1 Å². The Bertz CT molecular complexity index is 932. The number of aryl methyl sites for hydroxylation is 1. The molecular formula is C19H23N7O. The van der Waals surface area contributed by atoms with Gasteiger partial charge in [0.15, 0.2) is 5.65 Å². The molecule has 1 saturated heterocycles. The summed E-state index contributed by atoms with van der Waals surface area (Å²) in [5.41, 5.74) is 1.87. The number of anilines is 2. The minimum Gasteiger partial charge on any atom is -0.365 e. The number of fused-ring (bicyclic) bond motifs is 1. The molecule has 0 aliphatic carbocycles. The first-order valence-electron chi connectivity index (χ1n) is 9.05. The molecule has 4 rings (SSSR count). The SMILES string of the molecule is CN(CC(=O)N1CCN(c2ncnc3c2cnn3C)CC1)c1ccccc1. The van der Waals surface area contributed by atoms with E-state index in [4.69, 9.17) is 0 Å². The average Bonchev–Trinajstić information content (AvgIpc) is 3.10. The van der Waals surface area contributed by atoms with Gasteiger partial charge in [0.2, 0.25) is 5.91 Å². The van der Waals surface area contributed by atoms with Gasteiger partial charge in [0.25, 0.3) is 0 Å². The van der Waals surface area contributed by atoms with Crippen LogP contribution in [0.2, 0.25) is 0 Å². The molecule has 140 valence electrons. The van der Waals surface area contributed by atoms with Crippen molar-refractivity contribution in [3.63, 3.8) is 0 Å². The van der Waals surface area contributed by atoms with Gasteiger partial charge in [0.1, 0.15) is 12.1 Å². The van der Waals surface area contributed by atoms with Crippen LogP contribution in [0.25, 0.3) is 11.0 Å². The lowest BCUT2D eigenvalue weighted by molar-refractivity contribution is -0.129. The first-order chi connectivity index (χ1) is 13.1. The number of piperazine rings is 1. The number of nitrogens with zero attached hydrogens (tertiary/aromatic N) is 7. The zero-order valence-corrected chi connectivity index (χ0v) is 15.6. The molecule has 2 aromatic heterocycles. The first-order valence-corrected chi connectivity index (χ1v) is 9.05. The largest absolute Gasteiger partial charge is 0.365 e. The molecule has 0 N–H and O–H groups in total. The number of likely N-dealkylation sites (N-methyl/N-ethyl adjacent to an activating group) is 1. The van der Waals surface area contributed by atoms with E-state index in [1.54, 1.807) is 17.2 Å². The van der Waals surface area contributed by atoms with Crippen LogP contribution >= 0.6 is 0 Å². The lowest BCUT2D eigenvalue weighted by Gasteiger charge is -2.36. The van der Waals surface area contributed by atoms with Crippen molar-refractivity contribution in [3.8, 4) is 0 Å². The molecular weight excluding hydrogens is 342 g/mol. The van der Waals surface area contributed by atoms with E-state index in [1.807, 2.05) is 54.2 Å². The van der Waals surface area contributed by atoms with Crippen molar-refractivity contribution in [2.24, 2.45) is 7.05 Å². The summed E-state index contributed by atoms with van der Waals surface area (Å²) in [6, 6.07) is 9.97. The monoisotopic (exact) mass is 365 g/mol. The van der Waals surface area contributed by atoms with Crippen LogP contribution in [0.3, 0.4) is 0 Å². The Kier molecular flexibility index (Phi) is 4.62. The Morgan fingerprint density at radius 1 is 1.11 bits per heavy atom. The van der Waals surface area contributed by atoms with Crippen LogP contribution in [0.1, 0.15) is 0 Å². The second kappa shape index (κ2) is 7.22. The molecule has 1 aliphatic heterocycles. The second-order valence-corrected chi connectivity index (χ2v) is 6.76. The second-order valence-electron chi connectivity index (χ2n) is 6.76. The molecule has 1 aliphatic rings. The summed E-state index contributed by atoms with van der Waals surface area (Å²) in [6.45, 7) is 3.26. The average molecular weight is 365 g/mol. The van der Waals surface area contributed by atoms with E-state index in [2.05, 4.69) is 20.0 Å². The highest BCUT2D eigenvalue weighted by Crippen LogP contribution is 2.23. The number of aromatic nitrogens is 4. The third-order valence-electron chi connectivity index (χ3n) is 5.01. The molecule has 8 nitrogen and oxygen atoms in total. The number of hydrogen-bond acceptors (Lipinski definition) is 6. The Morgan fingerprint density at radius 2 is 1.85 bits per heavy atom. The molecule has 0 unspecified atom stereocenters. The number of benzene rings is 1. The van der Waals surface area contributed by atoms with E-state index in [-0.39, 0.29) is 5.91 Å². The smallest absolute Gasteiger partial charge is 0.242 e. The molecule has 0 atom stereocenters. The molecule has 1 amide bonds. The Labute approximate surface area is 158 Å². The van der Waals surface area contributed by atoms with Gasteiger partial charge in [0.05, 0.1) is 18.1 Å². The quantitative estimate of drug-likeness (QED) is 0.691. The first kappa shape index (κ1) is 17.3. The number of rotatable bonds is 4. The van der Waals surface area contributed by atoms with E-state index in [9.17, 15) is 4.79 Å². The minimum atomic E-state index is 0.148. The lowest BCUT2D eigenvalue weighted by atomic mass is 10.2. The molecule has 1 fully saturated rings. The van der Waals surface area contributed by atoms with Gasteiger partial charge in [-0.1, -0.05) is 18.2 Å². The van der Waals surface area contributed by atoms with Crippen LogP contribution in [0.15, 0.2) is 42.9 Å². The van der Waals surface area contributed by atoms with Crippen LogP contribution in [-0.4, -0.2) is 70.3 Å². The van der Waals surface area contributed by atoms with Crippen LogP contribution < -0.4 is 9.80 Å². The molecule has 1 aromatic carbocycles. The van der Waals surface area contributed by atoms with Crippen molar-refractivity contribution in [1.82, 2.24) is 24.6 Å². The summed E-state index contributed by atoms with van der Waals surface area (Å²) in [4.78, 5) is 27.5. The van der Waals surface area contributed by atoms with Crippen molar-refractivity contribution in [2.45, 2.75) is 0 Å². The van der Waals surface area contributed by atoms with Crippen LogP contribution in [0, 0.1) is 0 Å². The van der Waals surface area contributed by atoms with Gasteiger partial charge in [0, 0.05) is 46.0 Å². The minimum absolute atomic E-state index is 0.148. The molecule has 0 spiro atoms. The molecule has 3 aromatic rings. The van der Waals surface area contributed by atoms with Crippen LogP contribution in [-0.2, 0) is 11.8 Å². The van der Waals surface area contributed by atoms with E-state index in [0.29, 0.717) is 19.6 Å². The van der Waals surface area contributed by atoms with E-state index in [1.165, 1.54) is 0 Å². The number of hydrogen-bond donors (Lipinski definition) is 0. The van der Waals surface area contributed by atoms with Crippen molar-refractivity contribution < 1.29 is 4.79 Å². The van der Waals surface area contributed by atoms with Crippen molar-refractivity contribution >= 4 is 28.4 Å². The summed E-state index contributed by atoms with van der Waals surface area (Å²) in [7, 11) is 3.82. The molecule has 0 bridgehead atoms. The number of carbonyl (C=O) groups is 1. The maximum Gasteiger partial charge on any atom is 0.242 e. The number of carbonyl (C=O) groups excluding carboxylic acids is 1. The highest BCUT2D eigenvalue weighted by atomic mass is 16.2.